The minimum Gasteiger partial charge on any atom is -0.327 e. The second-order valence-corrected chi connectivity index (χ2v) is 4.74. The van der Waals surface area contributed by atoms with Gasteiger partial charge in [0.25, 0.3) is 0 Å². The van der Waals surface area contributed by atoms with Crippen LogP contribution in [0.1, 0.15) is 26.2 Å². The number of carbonyl (C=O) groups is 1. The molecule has 1 saturated carbocycles. The number of halogens is 1. The number of hydrogen-bond acceptors (Lipinski definition) is 3. The van der Waals surface area contributed by atoms with E-state index < -0.39 is 11.4 Å². The number of carbonyl (C=O) groups excluding carboxylic acids is 1. The van der Waals surface area contributed by atoms with E-state index in [0.29, 0.717) is 5.69 Å². The molecule has 1 fully saturated rings. The van der Waals surface area contributed by atoms with Crippen LogP contribution >= 0.6 is 0 Å². The number of nitrogens with zero attached hydrogens (tertiary/aromatic N) is 1. The molecule has 0 bridgehead atoms. The second-order valence-electron chi connectivity index (χ2n) is 4.74. The predicted octanol–water partition coefficient (Wildman–Crippen LogP) is 1.68. The summed E-state index contributed by atoms with van der Waals surface area (Å²) < 4.78 is 12.6. The van der Waals surface area contributed by atoms with E-state index in [2.05, 4.69) is 10.3 Å². The van der Waals surface area contributed by atoms with E-state index >= 15 is 0 Å². The number of hydrogen-bond donors (Lipinski definition) is 2. The van der Waals surface area contributed by atoms with Gasteiger partial charge >= 0.3 is 0 Å². The maximum atomic E-state index is 12.6. The van der Waals surface area contributed by atoms with Crippen molar-refractivity contribution in [2.45, 2.75) is 32.2 Å². The molecule has 92 valence electrons. The highest BCUT2D eigenvalue weighted by Crippen LogP contribution is 2.37. The third-order valence-corrected chi connectivity index (χ3v) is 3.53. The summed E-state index contributed by atoms with van der Waals surface area (Å²) in [6.45, 7) is 1.87. The molecule has 2 rings (SSSR count). The van der Waals surface area contributed by atoms with Crippen LogP contribution in [-0.4, -0.2) is 16.9 Å². The zero-order valence-electron chi connectivity index (χ0n) is 9.74. The smallest absolute Gasteiger partial charge is 0.231 e. The number of aromatic nitrogens is 1. The average molecular weight is 237 g/mol. The van der Waals surface area contributed by atoms with E-state index in [0.717, 1.165) is 19.3 Å². The Kier molecular flexibility index (Phi) is 3.11. The summed E-state index contributed by atoms with van der Waals surface area (Å²) in [6.07, 6.45) is 3.92. The van der Waals surface area contributed by atoms with Crippen LogP contribution < -0.4 is 11.1 Å². The first-order valence-electron chi connectivity index (χ1n) is 5.71. The van der Waals surface area contributed by atoms with Crippen LogP contribution in [0.15, 0.2) is 18.3 Å². The van der Waals surface area contributed by atoms with Crippen LogP contribution in [0.3, 0.4) is 0 Å². The lowest BCUT2D eigenvalue weighted by Crippen LogP contribution is -2.44. The summed E-state index contributed by atoms with van der Waals surface area (Å²) in [5.74, 6) is -0.678. The van der Waals surface area contributed by atoms with Gasteiger partial charge in [0, 0.05) is 6.04 Å². The van der Waals surface area contributed by atoms with Crippen molar-refractivity contribution < 1.29 is 9.18 Å². The molecule has 4 nitrogen and oxygen atoms in total. The van der Waals surface area contributed by atoms with Gasteiger partial charge in [-0.15, -0.1) is 0 Å². The van der Waals surface area contributed by atoms with E-state index in [9.17, 15) is 9.18 Å². The maximum Gasteiger partial charge on any atom is 0.231 e. The zero-order valence-corrected chi connectivity index (χ0v) is 9.74. The third kappa shape index (κ3) is 2.29. The first-order chi connectivity index (χ1) is 8.02. The number of nitrogens with two attached hydrogens (primary N) is 1. The van der Waals surface area contributed by atoms with Crippen molar-refractivity contribution >= 4 is 11.6 Å². The monoisotopic (exact) mass is 237 g/mol. The van der Waals surface area contributed by atoms with Gasteiger partial charge in [-0.3, -0.25) is 4.79 Å². The highest BCUT2D eigenvalue weighted by molar-refractivity contribution is 5.95. The van der Waals surface area contributed by atoms with Gasteiger partial charge in [0.15, 0.2) is 0 Å². The second kappa shape index (κ2) is 4.41. The fourth-order valence-corrected chi connectivity index (χ4v) is 2.20. The van der Waals surface area contributed by atoms with Gasteiger partial charge in [-0.2, -0.15) is 4.39 Å². The van der Waals surface area contributed by atoms with Gasteiger partial charge in [0.2, 0.25) is 11.9 Å². The normalized spacial score (nSPS) is 28.1. The molecule has 0 spiro atoms. The van der Waals surface area contributed by atoms with Gasteiger partial charge in [0.1, 0.15) is 0 Å². The number of rotatable bonds is 2. The number of anilines is 1. The van der Waals surface area contributed by atoms with Crippen LogP contribution in [0.25, 0.3) is 0 Å². The van der Waals surface area contributed by atoms with Gasteiger partial charge in [-0.1, -0.05) is 6.42 Å². The number of pyridine rings is 1. The molecule has 1 amide bonds. The lowest BCUT2D eigenvalue weighted by molar-refractivity contribution is -0.125. The van der Waals surface area contributed by atoms with E-state index in [1.54, 1.807) is 0 Å². The van der Waals surface area contributed by atoms with Crippen LogP contribution in [0, 0.1) is 11.4 Å². The lowest BCUT2D eigenvalue weighted by atomic mass is 9.84. The summed E-state index contributed by atoms with van der Waals surface area (Å²) >= 11 is 0. The van der Waals surface area contributed by atoms with Crippen molar-refractivity contribution in [2.24, 2.45) is 11.1 Å². The zero-order chi connectivity index (χ0) is 12.5. The predicted molar refractivity (Wildman–Crippen MR) is 62.8 cm³/mol. The molecule has 5 heteroatoms. The molecular weight excluding hydrogens is 221 g/mol. The summed E-state index contributed by atoms with van der Waals surface area (Å²) in [7, 11) is 0. The van der Waals surface area contributed by atoms with Crippen LogP contribution in [0.5, 0.6) is 0 Å². The molecule has 2 atom stereocenters. The highest BCUT2D eigenvalue weighted by atomic mass is 19.1. The largest absolute Gasteiger partial charge is 0.327 e. The molecular formula is C12H16FN3O. The van der Waals surface area contributed by atoms with Crippen LogP contribution in [0.4, 0.5) is 10.1 Å². The molecule has 0 aromatic carbocycles. The van der Waals surface area contributed by atoms with Crippen molar-refractivity contribution in [1.82, 2.24) is 4.98 Å². The van der Waals surface area contributed by atoms with Gasteiger partial charge in [-0.25, -0.2) is 4.98 Å². The van der Waals surface area contributed by atoms with Crippen molar-refractivity contribution in [1.29, 1.82) is 0 Å². The standard InChI is InChI=1S/C12H16FN3O/c1-12(6-2-3-9(12)14)11(17)16-8-4-5-10(13)15-7-8/h4-5,7,9H,2-3,6,14H2,1H3,(H,16,17). The summed E-state index contributed by atoms with van der Waals surface area (Å²) in [6, 6.07) is 2.59. The summed E-state index contributed by atoms with van der Waals surface area (Å²) in [5.41, 5.74) is 5.92. The van der Waals surface area contributed by atoms with Crippen molar-refractivity contribution in [2.75, 3.05) is 5.32 Å². The number of amides is 1. The Bertz CT molecular complexity index is 420. The van der Waals surface area contributed by atoms with Crippen molar-refractivity contribution in [3.8, 4) is 0 Å². The molecule has 1 aromatic rings. The number of nitrogens with one attached hydrogen (secondary N) is 1. The van der Waals surface area contributed by atoms with Crippen molar-refractivity contribution in [3.05, 3.63) is 24.3 Å². The first-order valence-corrected chi connectivity index (χ1v) is 5.71. The molecule has 0 aliphatic heterocycles. The van der Waals surface area contributed by atoms with E-state index in [1.807, 2.05) is 6.92 Å². The fraction of sp³-hybridized carbons (Fsp3) is 0.500. The summed E-state index contributed by atoms with van der Waals surface area (Å²) in [4.78, 5) is 15.6. The highest BCUT2D eigenvalue weighted by Gasteiger charge is 2.42. The van der Waals surface area contributed by atoms with Crippen LogP contribution in [-0.2, 0) is 4.79 Å². The average Bonchev–Trinajstić information content (AvgIpc) is 2.64. The Balaban J connectivity index is 2.09. The minimum atomic E-state index is -0.563. The topological polar surface area (TPSA) is 68.0 Å². The Morgan fingerprint density at radius 2 is 2.41 bits per heavy atom. The van der Waals surface area contributed by atoms with E-state index in [4.69, 9.17) is 5.73 Å². The molecule has 0 radical (unpaired) electrons. The van der Waals surface area contributed by atoms with E-state index in [-0.39, 0.29) is 11.9 Å². The molecule has 1 aliphatic carbocycles. The molecule has 3 N–H and O–H groups in total. The first kappa shape index (κ1) is 12.0. The molecule has 2 unspecified atom stereocenters. The minimum absolute atomic E-state index is 0.115. The van der Waals surface area contributed by atoms with Crippen LogP contribution in [0.2, 0.25) is 0 Å². The summed E-state index contributed by atoms with van der Waals surface area (Å²) in [5, 5.41) is 2.73. The fourth-order valence-electron chi connectivity index (χ4n) is 2.20. The molecule has 1 aromatic heterocycles. The third-order valence-electron chi connectivity index (χ3n) is 3.53. The quantitative estimate of drug-likeness (QED) is 0.769. The van der Waals surface area contributed by atoms with Gasteiger partial charge in [-0.05, 0) is 31.9 Å². The van der Waals surface area contributed by atoms with Crippen molar-refractivity contribution in [3.63, 3.8) is 0 Å². The molecule has 1 aliphatic rings. The Morgan fingerprint density at radius 3 is 2.94 bits per heavy atom. The molecule has 1 heterocycles. The SMILES string of the molecule is CC1(C(=O)Nc2ccc(F)nc2)CCCC1N. The van der Waals surface area contributed by atoms with E-state index in [1.165, 1.54) is 18.3 Å². The van der Waals surface area contributed by atoms with Gasteiger partial charge in [0.05, 0.1) is 17.3 Å². The Labute approximate surface area is 99.4 Å². The molecule has 0 saturated heterocycles. The maximum absolute atomic E-state index is 12.6. The van der Waals surface area contributed by atoms with Gasteiger partial charge < -0.3 is 11.1 Å². The Hall–Kier alpha value is -1.49. The Morgan fingerprint density at radius 1 is 1.65 bits per heavy atom. The molecule has 17 heavy (non-hydrogen) atoms. The lowest BCUT2D eigenvalue weighted by Gasteiger charge is -2.27.